The Hall–Kier alpha value is -2.34. The van der Waals surface area contributed by atoms with Crippen molar-refractivity contribution in [2.45, 2.75) is 13.3 Å². The summed E-state index contributed by atoms with van der Waals surface area (Å²) in [5.74, 6) is -0.374. The molecule has 0 aliphatic carbocycles. The maximum absolute atomic E-state index is 11.7. The van der Waals surface area contributed by atoms with Crippen molar-refractivity contribution in [1.29, 1.82) is 0 Å². The molecule has 0 unspecified atom stereocenters. The van der Waals surface area contributed by atoms with Crippen LogP contribution >= 0.6 is 15.9 Å². The van der Waals surface area contributed by atoms with Gasteiger partial charge in [0.15, 0.2) is 13.2 Å². The molecule has 0 saturated heterocycles. The van der Waals surface area contributed by atoms with Gasteiger partial charge in [0.2, 0.25) is 0 Å². The van der Waals surface area contributed by atoms with E-state index in [0.717, 1.165) is 22.0 Å². The van der Waals surface area contributed by atoms with Crippen molar-refractivity contribution in [2.75, 3.05) is 19.8 Å². The Balaban J connectivity index is 1.63. The van der Waals surface area contributed by atoms with E-state index >= 15 is 0 Å². The van der Waals surface area contributed by atoms with Crippen LogP contribution in [0.25, 0.3) is 0 Å². The summed E-state index contributed by atoms with van der Waals surface area (Å²) in [6.07, 6.45) is 0.727. The normalized spacial score (nSPS) is 10.2. The molecule has 0 aliphatic heterocycles. The van der Waals surface area contributed by atoms with E-state index in [9.17, 15) is 9.59 Å². The summed E-state index contributed by atoms with van der Waals surface area (Å²) < 4.78 is 11.0. The number of nitrogens with one attached hydrogen (secondary N) is 1. The summed E-state index contributed by atoms with van der Waals surface area (Å²) in [4.78, 5) is 23.3. The zero-order chi connectivity index (χ0) is 18.1. The molecule has 1 N–H and O–H groups in total. The van der Waals surface area contributed by atoms with Gasteiger partial charge >= 0.3 is 5.97 Å². The van der Waals surface area contributed by atoms with Crippen molar-refractivity contribution in [3.63, 3.8) is 0 Å². The van der Waals surface area contributed by atoms with E-state index in [2.05, 4.69) is 21.2 Å². The standard InChI is InChI=1S/C19H20BrNO4/c1-14-7-8-17(16(20)11-14)24-13-19(23)25-12-18(22)21-10-9-15-5-3-2-4-6-15/h2-8,11H,9-10,12-13H2,1H3,(H,21,22). The van der Waals surface area contributed by atoms with E-state index in [4.69, 9.17) is 9.47 Å². The number of rotatable bonds is 8. The van der Waals surface area contributed by atoms with Crippen molar-refractivity contribution in [2.24, 2.45) is 0 Å². The first-order valence-electron chi connectivity index (χ1n) is 7.90. The van der Waals surface area contributed by atoms with Crippen LogP contribution in [-0.4, -0.2) is 31.6 Å². The van der Waals surface area contributed by atoms with Crippen LogP contribution in [0.1, 0.15) is 11.1 Å². The molecule has 0 saturated carbocycles. The Bertz CT molecular complexity index is 719. The van der Waals surface area contributed by atoms with Gasteiger partial charge in [-0.2, -0.15) is 0 Å². The van der Waals surface area contributed by atoms with E-state index in [1.54, 1.807) is 6.07 Å². The van der Waals surface area contributed by atoms with Crippen LogP contribution in [0.2, 0.25) is 0 Å². The summed E-state index contributed by atoms with van der Waals surface area (Å²) in [6.45, 7) is 1.89. The molecular weight excluding hydrogens is 386 g/mol. The third-order valence-corrected chi connectivity index (χ3v) is 4.00. The average molecular weight is 406 g/mol. The van der Waals surface area contributed by atoms with E-state index in [1.165, 1.54) is 0 Å². The summed E-state index contributed by atoms with van der Waals surface area (Å²) in [6, 6.07) is 15.4. The number of aryl methyl sites for hydroxylation is 1. The minimum atomic E-state index is -0.592. The van der Waals surface area contributed by atoms with Crippen LogP contribution in [-0.2, 0) is 20.7 Å². The second-order valence-corrected chi connectivity index (χ2v) is 6.32. The van der Waals surface area contributed by atoms with Crippen LogP contribution < -0.4 is 10.1 Å². The zero-order valence-electron chi connectivity index (χ0n) is 14.0. The highest BCUT2D eigenvalue weighted by Gasteiger charge is 2.09. The average Bonchev–Trinajstić information content (AvgIpc) is 2.60. The zero-order valence-corrected chi connectivity index (χ0v) is 15.5. The number of halogens is 1. The highest BCUT2D eigenvalue weighted by molar-refractivity contribution is 9.10. The van der Waals surface area contributed by atoms with Gasteiger partial charge in [-0.15, -0.1) is 0 Å². The van der Waals surface area contributed by atoms with Crippen LogP contribution in [0.5, 0.6) is 5.75 Å². The van der Waals surface area contributed by atoms with Crippen molar-refractivity contribution in [3.05, 3.63) is 64.1 Å². The Morgan fingerprint density at radius 3 is 2.56 bits per heavy atom. The summed E-state index contributed by atoms with van der Waals surface area (Å²) in [5, 5.41) is 2.71. The van der Waals surface area contributed by atoms with E-state index < -0.39 is 5.97 Å². The van der Waals surface area contributed by atoms with Crippen LogP contribution in [0, 0.1) is 6.92 Å². The van der Waals surface area contributed by atoms with Gasteiger partial charge in [0, 0.05) is 6.54 Å². The summed E-state index contributed by atoms with van der Waals surface area (Å²) in [7, 11) is 0. The third-order valence-electron chi connectivity index (χ3n) is 3.38. The second kappa shape index (κ2) is 9.84. The van der Waals surface area contributed by atoms with Gasteiger partial charge in [-0.25, -0.2) is 4.79 Å². The molecule has 0 aromatic heterocycles. The lowest BCUT2D eigenvalue weighted by molar-refractivity contribution is -0.150. The lowest BCUT2D eigenvalue weighted by Crippen LogP contribution is -2.31. The van der Waals surface area contributed by atoms with Crippen molar-refractivity contribution < 1.29 is 19.1 Å². The number of hydrogen-bond acceptors (Lipinski definition) is 4. The Morgan fingerprint density at radius 1 is 1.08 bits per heavy atom. The fourth-order valence-corrected chi connectivity index (χ4v) is 2.70. The first kappa shape index (κ1) is 19.0. The number of carbonyl (C=O) groups excluding carboxylic acids is 2. The SMILES string of the molecule is Cc1ccc(OCC(=O)OCC(=O)NCCc2ccccc2)c(Br)c1. The predicted molar refractivity (Wildman–Crippen MR) is 98.5 cm³/mol. The third kappa shape index (κ3) is 6.97. The van der Waals surface area contributed by atoms with E-state index in [1.807, 2.05) is 49.4 Å². The molecule has 0 aliphatic rings. The van der Waals surface area contributed by atoms with Crippen LogP contribution in [0.3, 0.4) is 0 Å². The molecule has 0 heterocycles. The molecule has 132 valence electrons. The largest absolute Gasteiger partial charge is 0.481 e. The number of ether oxygens (including phenoxy) is 2. The Labute approximate surface area is 155 Å². The van der Waals surface area contributed by atoms with E-state index in [-0.39, 0.29) is 19.1 Å². The quantitative estimate of drug-likeness (QED) is 0.685. The molecule has 25 heavy (non-hydrogen) atoms. The van der Waals surface area contributed by atoms with Gasteiger partial charge in [-0.1, -0.05) is 36.4 Å². The van der Waals surface area contributed by atoms with Gasteiger partial charge in [-0.05, 0) is 52.5 Å². The topological polar surface area (TPSA) is 64.6 Å². The minimum absolute atomic E-state index is 0.251. The smallest absolute Gasteiger partial charge is 0.344 e. The molecule has 5 nitrogen and oxygen atoms in total. The first-order chi connectivity index (χ1) is 12.0. The minimum Gasteiger partial charge on any atom is -0.481 e. The molecular formula is C19H20BrNO4. The molecule has 0 spiro atoms. The Morgan fingerprint density at radius 2 is 1.84 bits per heavy atom. The molecule has 2 aromatic carbocycles. The molecule has 0 atom stereocenters. The number of hydrogen-bond donors (Lipinski definition) is 1. The van der Waals surface area contributed by atoms with Gasteiger partial charge in [0.1, 0.15) is 5.75 Å². The maximum Gasteiger partial charge on any atom is 0.344 e. The van der Waals surface area contributed by atoms with Gasteiger partial charge in [0.05, 0.1) is 4.47 Å². The second-order valence-electron chi connectivity index (χ2n) is 5.47. The van der Waals surface area contributed by atoms with Gasteiger partial charge < -0.3 is 14.8 Å². The highest BCUT2D eigenvalue weighted by atomic mass is 79.9. The van der Waals surface area contributed by atoms with Gasteiger partial charge in [0.25, 0.3) is 5.91 Å². The molecule has 0 bridgehead atoms. The number of amides is 1. The predicted octanol–water partition coefficient (Wildman–Crippen LogP) is 3.04. The number of benzene rings is 2. The summed E-state index contributed by atoms with van der Waals surface area (Å²) >= 11 is 3.37. The fourth-order valence-electron chi connectivity index (χ4n) is 2.09. The summed E-state index contributed by atoms with van der Waals surface area (Å²) in [5.41, 5.74) is 2.21. The lowest BCUT2D eigenvalue weighted by Gasteiger charge is -2.09. The fraction of sp³-hybridized carbons (Fsp3) is 0.263. The molecule has 6 heteroatoms. The van der Waals surface area contributed by atoms with Crippen molar-refractivity contribution in [3.8, 4) is 5.75 Å². The molecule has 0 radical (unpaired) electrons. The molecule has 1 amide bonds. The van der Waals surface area contributed by atoms with E-state index in [0.29, 0.717) is 12.3 Å². The maximum atomic E-state index is 11.7. The highest BCUT2D eigenvalue weighted by Crippen LogP contribution is 2.25. The van der Waals surface area contributed by atoms with Gasteiger partial charge in [-0.3, -0.25) is 4.79 Å². The first-order valence-corrected chi connectivity index (χ1v) is 8.69. The Kier molecular flexibility index (Phi) is 7.47. The van der Waals surface area contributed by atoms with Crippen LogP contribution in [0.4, 0.5) is 0 Å². The monoisotopic (exact) mass is 405 g/mol. The molecule has 2 rings (SSSR count). The molecule has 0 fully saturated rings. The molecule has 2 aromatic rings. The van der Waals surface area contributed by atoms with Crippen molar-refractivity contribution in [1.82, 2.24) is 5.32 Å². The number of esters is 1. The van der Waals surface area contributed by atoms with Crippen LogP contribution in [0.15, 0.2) is 53.0 Å². The number of carbonyl (C=O) groups is 2. The lowest BCUT2D eigenvalue weighted by atomic mass is 10.1. The van der Waals surface area contributed by atoms with Crippen molar-refractivity contribution >= 4 is 27.8 Å².